The van der Waals surface area contributed by atoms with Crippen molar-refractivity contribution in [3.8, 4) is 17.1 Å². The minimum Gasteiger partial charge on any atom is -0.550 e. The molecule has 4 aromatic rings. The monoisotopic (exact) mass is 460 g/mol. The number of carboxylic acid groups (broad SMARTS) is 1. The smallest absolute Gasteiger partial charge is 0.550 e. The number of carbonyl (C=O) groups excluding carboxylic acids is 1. The van der Waals surface area contributed by atoms with E-state index in [1.54, 1.807) is 38.4 Å². The summed E-state index contributed by atoms with van der Waals surface area (Å²) in [5, 5.41) is 14.6. The van der Waals surface area contributed by atoms with Crippen molar-refractivity contribution in [2.45, 2.75) is 25.9 Å². The number of aromatic nitrogens is 3. The number of carbonyl (C=O) groups is 1. The van der Waals surface area contributed by atoms with Crippen LogP contribution in [0.4, 0.5) is 15.2 Å². The van der Waals surface area contributed by atoms with E-state index in [2.05, 4.69) is 20.3 Å². The summed E-state index contributed by atoms with van der Waals surface area (Å²) in [5.41, 5.74) is 2.12. The first-order valence-electron chi connectivity index (χ1n) is 9.42. The number of fused-ring (bicyclic) bond motifs is 1. The molecule has 0 radical (unpaired) electrons. The zero-order valence-electron chi connectivity index (χ0n) is 17.8. The van der Waals surface area contributed by atoms with Crippen molar-refractivity contribution in [1.29, 1.82) is 0 Å². The van der Waals surface area contributed by atoms with E-state index in [4.69, 9.17) is 4.74 Å². The Labute approximate surface area is 210 Å². The fraction of sp³-hybridized carbons (Fsp3) is 0.182. The van der Waals surface area contributed by atoms with E-state index >= 15 is 0 Å². The fourth-order valence-electron chi connectivity index (χ4n) is 2.99. The number of halogens is 1. The zero-order valence-corrected chi connectivity index (χ0v) is 20.6. The van der Waals surface area contributed by atoms with Crippen LogP contribution in [-0.4, -0.2) is 26.5 Å². The second-order valence-corrected chi connectivity index (χ2v) is 8.47. The standard InChI is InChI=1S/C22H19FN4O3S.Na/c1-22(2,10-18(28)29)30-20-24-11-14(12-25-20)13-6-8-15(9-7-13)26-21-27-17-5-3-4-16(23)19(17)31-21;/h3-9,11-12H,10H2,1-2H3,(H,26,27)(H,28,29);/q;+1/p-1. The number of nitrogens with zero attached hydrogens (tertiary/aromatic N) is 3. The molecule has 0 atom stereocenters. The van der Waals surface area contributed by atoms with E-state index in [1.165, 1.54) is 17.4 Å². The molecule has 0 spiro atoms. The molecule has 2 heterocycles. The van der Waals surface area contributed by atoms with Crippen LogP contribution in [0.25, 0.3) is 21.3 Å². The van der Waals surface area contributed by atoms with Gasteiger partial charge in [0.15, 0.2) is 5.13 Å². The molecular formula is C22H18FN4NaO3S. The van der Waals surface area contributed by atoms with Gasteiger partial charge in [0.1, 0.15) is 11.4 Å². The zero-order chi connectivity index (χ0) is 22.0. The summed E-state index contributed by atoms with van der Waals surface area (Å²) in [6.45, 7) is 3.26. The molecule has 0 aliphatic heterocycles. The number of thiazole rings is 1. The van der Waals surface area contributed by atoms with Gasteiger partial charge in [-0.1, -0.05) is 29.5 Å². The van der Waals surface area contributed by atoms with Crippen LogP contribution in [0.5, 0.6) is 6.01 Å². The third-order valence-corrected chi connectivity index (χ3v) is 5.40. The summed E-state index contributed by atoms with van der Waals surface area (Å²) in [4.78, 5) is 23.5. The number of carboxylic acids is 1. The normalized spacial score (nSPS) is 11.1. The van der Waals surface area contributed by atoms with Crippen molar-refractivity contribution < 1.29 is 48.6 Å². The Balaban J connectivity index is 0.00000289. The summed E-state index contributed by atoms with van der Waals surface area (Å²) >= 11 is 1.26. The van der Waals surface area contributed by atoms with Crippen molar-refractivity contribution in [2.75, 3.05) is 5.32 Å². The van der Waals surface area contributed by atoms with Gasteiger partial charge >= 0.3 is 35.6 Å². The largest absolute Gasteiger partial charge is 1.00 e. The van der Waals surface area contributed by atoms with Gasteiger partial charge in [-0.15, -0.1) is 0 Å². The summed E-state index contributed by atoms with van der Waals surface area (Å²) in [5.74, 6) is -1.49. The van der Waals surface area contributed by atoms with Crippen molar-refractivity contribution in [3.63, 3.8) is 0 Å². The SMILES string of the molecule is CC(C)(CC(=O)[O-])Oc1ncc(-c2ccc(Nc3nc4cccc(F)c4s3)cc2)cn1.[Na+]. The number of hydrogen-bond donors (Lipinski definition) is 1. The van der Waals surface area contributed by atoms with Crippen LogP contribution >= 0.6 is 11.3 Å². The van der Waals surface area contributed by atoms with Crippen LogP contribution in [0, 0.1) is 5.82 Å². The molecule has 0 fully saturated rings. The van der Waals surface area contributed by atoms with Gasteiger partial charge in [-0.2, -0.15) is 0 Å². The van der Waals surface area contributed by atoms with Crippen LogP contribution in [0.2, 0.25) is 0 Å². The maximum atomic E-state index is 13.8. The number of rotatable bonds is 7. The van der Waals surface area contributed by atoms with E-state index in [0.717, 1.165) is 16.8 Å². The van der Waals surface area contributed by atoms with Crippen LogP contribution in [0.3, 0.4) is 0 Å². The Hall–Kier alpha value is -2.59. The molecule has 158 valence electrons. The third-order valence-electron chi connectivity index (χ3n) is 4.40. The molecule has 2 aromatic carbocycles. The second kappa shape index (κ2) is 9.91. The Kier molecular flexibility index (Phi) is 7.45. The second-order valence-electron chi connectivity index (χ2n) is 7.47. The summed E-state index contributed by atoms with van der Waals surface area (Å²) < 4.78 is 19.9. The molecule has 0 aliphatic rings. The summed E-state index contributed by atoms with van der Waals surface area (Å²) in [7, 11) is 0. The molecule has 0 saturated carbocycles. The molecule has 2 aromatic heterocycles. The van der Waals surface area contributed by atoms with Crippen molar-refractivity contribution in [1.82, 2.24) is 15.0 Å². The van der Waals surface area contributed by atoms with Gasteiger partial charge < -0.3 is 20.0 Å². The maximum absolute atomic E-state index is 13.8. The van der Waals surface area contributed by atoms with Gasteiger partial charge in [0.05, 0.1) is 10.2 Å². The van der Waals surface area contributed by atoms with E-state index in [-0.39, 0.29) is 47.8 Å². The molecule has 0 saturated heterocycles. The van der Waals surface area contributed by atoms with Gasteiger partial charge in [0, 0.05) is 36.0 Å². The summed E-state index contributed by atoms with van der Waals surface area (Å²) in [6, 6.07) is 12.5. The molecule has 0 bridgehead atoms. The van der Waals surface area contributed by atoms with Crippen molar-refractivity contribution >= 4 is 38.3 Å². The van der Waals surface area contributed by atoms with Crippen LogP contribution in [-0.2, 0) is 4.79 Å². The van der Waals surface area contributed by atoms with Gasteiger partial charge in [-0.3, -0.25) is 0 Å². The Morgan fingerprint density at radius 3 is 2.44 bits per heavy atom. The Bertz CT molecular complexity index is 1230. The first-order chi connectivity index (χ1) is 14.8. The average Bonchev–Trinajstić information content (AvgIpc) is 3.12. The predicted molar refractivity (Wildman–Crippen MR) is 115 cm³/mol. The first-order valence-corrected chi connectivity index (χ1v) is 10.2. The fourth-order valence-corrected chi connectivity index (χ4v) is 3.88. The van der Waals surface area contributed by atoms with E-state index in [0.29, 0.717) is 15.3 Å². The van der Waals surface area contributed by atoms with E-state index in [1.807, 2.05) is 24.3 Å². The molecule has 32 heavy (non-hydrogen) atoms. The molecule has 1 N–H and O–H groups in total. The van der Waals surface area contributed by atoms with Crippen LogP contribution < -0.4 is 44.7 Å². The predicted octanol–water partition coefficient (Wildman–Crippen LogP) is 0.937. The Morgan fingerprint density at radius 2 is 1.81 bits per heavy atom. The molecule has 4 rings (SSSR count). The molecule has 0 amide bonds. The number of hydrogen-bond acceptors (Lipinski definition) is 8. The summed E-state index contributed by atoms with van der Waals surface area (Å²) in [6.07, 6.45) is 2.94. The van der Waals surface area contributed by atoms with Crippen molar-refractivity contribution in [2.24, 2.45) is 0 Å². The van der Waals surface area contributed by atoms with Crippen LogP contribution in [0.15, 0.2) is 54.9 Å². The van der Waals surface area contributed by atoms with Crippen molar-refractivity contribution in [3.05, 3.63) is 60.7 Å². The number of anilines is 2. The van der Waals surface area contributed by atoms with Gasteiger partial charge in [0.25, 0.3) is 0 Å². The number of nitrogens with one attached hydrogen (secondary N) is 1. The van der Waals surface area contributed by atoms with E-state index < -0.39 is 11.6 Å². The minimum absolute atomic E-state index is 0. The molecule has 7 nitrogen and oxygen atoms in total. The minimum atomic E-state index is -1.20. The maximum Gasteiger partial charge on any atom is 1.00 e. The first kappa shape index (κ1) is 24.1. The number of ether oxygens (including phenoxy) is 1. The number of benzene rings is 2. The molecule has 10 heteroatoms. The van der Waals surface area contributed by atoms with E-state index in [9.17, 15) is 14.3 Å². The molecule has 0 aliphatic carbocycles. The van der Waals surface area contributed by atoms with Gasteiger partial charge in [0.2, 0.25) is 0 Å². The molecule has 0 unspecified atom stereocenters. The number of aliphatic carboxylic acids is 1. The molecular weight excluding hydrogens is 442 g/mol. The average molecular weight is 460 g/mol. The van der Waals surface area contributed by atoms with Crippen LogP contribution in [0.1, 0.15) is 20.3 Å². The van der Waals surface area contributed by atoms with Gasteiger partial charge in [-0.05, 0) is 43.7 Å². The Morgan fingerprint density at radius 1 is 1.12 bits per heavy atom. The quantitative estimate of drug-likeness (QED) is 0.410. The third kappa shape index (κ3) is 5.80. The van der Waals surface area contributed by atoms with Gasteiger partial charge in [-0.25, -0.2) is 19.3 Å². The topological polar surface area (TPSA) is 100 Å².